The first-order valence-electron chi connectivity index (χ1n) is 3.59. The summed E-state index contributed by atoms with van der Waals surface area (Å²) in [7, 11) is -3.32. The predicted octanol–water partition coefficient (Wildman–Crippen LogP) is 1.01. The fourth-order valence-electron chi connectivity index (χ4n) is 0.520. The van der Waals surface area contributed by atoms with Gasteiger partial charge in [0, 0.05) is 5.41 Å². The second-order valence-corrected chi connectivity index (χ2v) is 4.95. The molecule has 0 amide bonds. The Kier molecular flexibility index (Phi) is 3.75. The van der Waals surface area contributed by atoms with Crippen molar-refractivity contribution in [1.29, 1.82) is 0 Å². The molecule has 0 aliphatic heterocycles. The van der Waals surface area contributed by atoms with E-state index in [-0.39, 0.29) is 12.0 Å². The van der Waals surface area contributed by atoms with Gasteiger partial charge in [0.15, 0.2) is 0 Å². The van der Waals surface area contributed by atoms with E-state index in [4.69, 9.17) is 6.42 Å². The van der Waals surface area contributed by atoms with E-state index in [0.717, 1.165) is 6.26 Å². The molecule has 0 saturated heterocycles. The highest BCUT2D eigenvalue weighted by Crippen LogP contribution is 2.18. The van der Waals surface area contributed by atoms with Gasteiger partial charge in [-0.25, -0.2) is 0 Å². The zero-order chi connectivity index (χ0) is 9.83. The van der Waals surface area contributed by atoms with E-state index in [2.05, 4.69) is 10.1 Å². The van der Waals surface area contributed by atoms with E-state index in [1.807, 2.05) is 13.8 Å². The minimum atomic E-state index is -3.32. The summed E-state index contributed by atoms with van der Waals surface area (Å²) in [6.07, 6.45) is 6.76. The standard InChI is InChI=1S/C8H14O3S/c1-5-8(2,3)6-7-11-12(4,9)10/h1H,6-7H2,2-4H3. The lowest BCUT2D eigenvalue weighted by molar-refractivity contribution is 0.272. The van der Waals surface area contributed by atoms with Crippen LogP contribution in [-0.2, 0) is 14.3 Å². The summed E-state index contributed by atoms with van der Waals surface area (Å²) in [5.41, 5.74) is -0.301. The van der Waals surface area contributed by atoms with Gasteiger partial charge in [-0.15, -0.1) is 12.3 Å². The molecule has 0 bridgehead atoms. The van der Waals surface area contributed by atoms with Crippen LogP contribution in [0.2, 0.25) is 0 Å². The molecule has 0 N–H and O–H groups in total. The lowest BCUT2D eigenvalue weighted by Crippen LogP contribution is -2.14. The molecule has 70 valence electrons. The largest absolute Gasteiger partial charge is 0.270 e. The molecule has 0 spiro atoms. The van der Waals surface area contributed by atoms with E-state index in [0.29, 0.717) is 6.42 Å². The van der Waals surface area contributed by atoms with Crippen molar-refractivity contribution in [3.63, 3.8) is 0 Å². The van der Waals surface area contributed by atoms with Crippen LogP contribution >= 0.6 is 0 Å². The number of hydrogen-bond donors (Lipinski definition) is 0. The van der Waals surface area contributed by atoms with Gasteiger partial charge in [0.05, 0.1) is 12.9 Å². The van der Waals surface area contributed by atoms with Crippen LogP contribution in [0.25, 0.3) is 0 Å². The molecule has 0 atom stereocenters. The smallest absolute Gasteiger partial charge is 0.264 e. The second-order valence-electron chi connectivity index (χ2n) is 3.30. The maximum Gasteiger partial charge on any atom is 0.264 e. The predicted molar refractivity (Wildman–Crippen MR) is 48.0 cm³/mol. The van der Waals surface area contributed by atoms with Crippen molar-refractivity contribution in [2.75, 3.05) is 12.9 Å². The maximum atomic E-state index is 10.5. The first-order valence-corrected chi connectivity index (χ1v) is 5.41. The molecule has 0 unspecified atom stereocenters. The van der Waals surface area contributed by atoms with Gasteiger partial charge in [0.25, 0.3) is 10.1 Å². The van der Waals surface area contributed by atoms with Crippen LogP contribution in [-0.4, -0.2) is 21.3 Å². The Hall–Kier alpha value is -0.530. The third kappa shape index (κ3) is 6.20. The summed E-state index contributed by atoms with van der Waals surface area (Å²) in [5.74, 6) is 2.55. The molecule has 0 fully saturated rings. The Morgan fingerprint density at radius 3 is 2.33 bits per heavy atom. The highest BCUT2D eigenvalue weighted by atomic mass is 32.2. The van der Waals surface area contributed by atoms with Crippen LogP contribution in [0.15, 0.2) is 0 Å². The van der Waals surface area contributed by atoms with Gasteiger partial charge < -0.3 is 0 Å². The Bertz CT molecular complexity index is 269. The van der Waals surface area contributed by atoms with Crippen LogP contribution in [0, 0.1) is 17.8 Å². The van der Waals surface area contributed by atoms with Gasteiger partial charge in [0.2, 0.25) is 0 Å². The first-order chi connectivity index (χ1) is 5.27. The van der Waals surface area contributed by atoms with Gasteiger partial charge in [-0.2, -0.15) is 8.42 Å². The second kappa shape index (κ2) is 3.92. The van der Waals surface area contributed by atoms with E-state index in [1.165, 1.54) is 0 Å². The lowest BCUT2D eigenvalue weighted by Gasteiger charge is -2.15. The molecule has 0 radical (unpaired) electrons. The summed E-state index contributed by atoms with van der Waals surface area (Å²) in [4.78, 5) is 0. The molecule has 12 heavy (non-hydrogen) atoms. The molecular formula is C8H14O3S. The fourth-order valence-corrected chi connectivity index (χ4v) is 0.906. The topological polar surface area (TPSA) is 43.4 Å². The molecule has 0 aromatic rings. The maximum absolute atomic E-state index is 10.5. The highest BCUT2D eigenvalue weighted by Gasteiger charge is 2.14. The molecule has 0 rings (SSSR count). The van der Waals surface area contributed by atoms with Crippen molar-refractivity contribution < 1.29 is 12.6 Å². The zero-order valence-corrected chi connectivity index (χ0v) is 8.44. The fraction of sp³-hybridized carbons (Fsp3) is 0.750. The van der Waals surface area contributed by atoms with Crippen molar-refractivity contribution in [2.24, 2.45) is 5.41 Å². The third-order valence-corrected chi connectivity index (χ3v) is 2.01. The minimum Gasteiger partial charge on any atom is -0.270 e. The number of rotatable bonds is 4. The molecule has 0 aromatic heterocycles. The summed E-state index contributed by atoms with van der Waals surface area (Å²) in [6.45, 7) is 3.87. The summed E-state index contributed by atoms with van der Waals surface area (Å²) < 4.78 is 25.6. The average molecular weight is 190 g/mol. The van der Waals surface area contributed by atoms with E-state index < -0.39 is 10.1 Å². The summed E-state index contributed by atoms with van der Waals surface area (Å²) in [5, 5.41) is 0. The molecule has 0 aliphatic carbocycles. The Labute approximate surface area is 74.2 Å². The van der Waals surface area contributed by atoms with Gasteiger partial charge >= 0.3 is 0 Å². The van der Waals surface area contributed by atoms with Crippen LogP contribution < -0.4 is 0 Å². The van der Waals surface area contributed by atoms with Crippen LogP contribution in [0.4, 0.5) is 0 Å². The molecule has 0 aliphatic rings. The van der Waals surface area contributed by atoms with Gasteiger partial charge in [-0.1, -0.05) is 0 Å². The van der Waals surface area contributed by atoms with E-state index in [1.54, 1.807) is 0 Å². The van der Waals surface area contributed by atoms with Gasteiger partial charge in [0.1, 0.15) is 0 Å². The van der Waals surface area contributed by atoms with Crippen LogP contribution in [0.3, 0.4) is 0 Å². The van der Waals surface area contributed by atoms with Crippen LogP contribution in [0.5, 0.6) is 0 Å². The van der Waals surface area contributed by atoms with Gasteiger partial charge in [-0.3, -0.25) is 4.18 Å². The van der Waals surface area contributed by atoms with Crippen molar-refractivity contribution >= 4 is 10.1 Å². The summed E-state index contributed by atoms with van der Waals surface area (Å²) >= 11 is 0. The van der Waals surface area contributed by atoms with E-state index in [9.17, 15) is 8.42 Å². The Balaban J connectivity index is 3.82. The van der Waals surface area contributed by atoms with E-state index >= 15 is 0 Å². The SMILES string of the molecule is C#CC(C)(C)CCOS(C)(=O)=O. The molecule has 0 heterocycles. The quantitative estimate of drug-likeness (QED) is 0.491. The Morgan fingerprint density at radius 1 is 1.50 bits per heavy atom. The number of hydrogen-bond acceptors (Lipinski definition) is 3. The first kappa shape index (κ1) is 11.5. The number of terminal acetylenes is 1. The van der Waals surface area contributed by atoms with Gasteiger partial charge in [-0.05, 0) is 20.3 Å². The molecule has 0 saturated carbocycles. The zero-order valence-electron chi connectivity index (χ0n) is 7.62. The average Bonchev–Trinajstić information content (AvgIpc) is 1.84. The van der Waals surface area contributed by atoms with Crippen molar-refractivity contribution in [3.8, 4) is 12.3 Å². The normalized spacial score (nSPS) is 12.5. The van der Waals surface area contributed by atoms with Crippen LogP contribution in [0.1, 0.15) is 20.3 Å². The summed E-state index contributed by atoms with van der Waals surface area (Å²) in [6, 6.07) is 0. The van der Waals surface area contributed by atoms with Crippen molar-refractivity contribution in [3.05, 3.63) is 0 Å². The Morgan fingerprint density at radius 2 is 2.00 bits per heavy atom. The molecule has 4 heteroatoms. The molecule has 3 nitrogen and oxygen atoms in total. The third-order valence-electron chi connectivity index (χ3n) is 1.42. The van der Waals surface area contributed by atoms with Crippen molar-refractivity contribution in [1.82, 2.24) is 0 Å². The minimum absolute atomic E-state index is 0.149. The van der Waals surface area contributed by atoms with Crippen molar-refractivity contribution in [2.45, 2.75) is 20.3 Å². The highest BCUT2D eigenvalue weighted by molar-refractivity contribution is 7.85. The molecular weight excluding hydrogens is 176 g/mol. The lowest BCUT2D eigenvalue weighted by atomic mass is 9.91. The molecule has 0 aromatic carbocycles. The monoisotopic (exact) mass is 190 g/mol.